The lowest BCUT2D eigenvalue weighted by Gasteiger charge is -2.23. The Morgan fingerprint density at radius 2 is 1.71 bits per heavy atom. The fraction of sp³-hybridized carbons (Fsp3) is 0.133. The molecule has 0 saturated carbocycles. The fourth-order valence-electron chi connectivity index (χ4n) is 2.04. The number of anilines is 1. The van der Waals surface area contributed by atoms with Crippen molar-refractivity contribution in [1.82, 2.24) is 0 Å². The Morgan fingerprint density at radius 1 is 1.12 bits per heavy atom. The predicted molar refractivity (Wildman–Crippen MR) is 86.1 cm³/mol. The average molecular weight is 350 g/mol. The number of carbonyl (C=O) groups excluding carboxylic acids is 1. The highest BCUT2D eigenvalue weighted by Gasteiger charge is 2.33. The Labute approximate surface area is 138 Å². The number of sulfonamides is 1. The molecule has 0 aliphatic heterocycles. The molecule has 0 aromatic heterocycles. The van der Waals surface area contributed by atoms with Crippen LogP contribution in [0.3, 0.4) is 0 Å². The van der Waals surface area contributed by atoms with E-state index in [1.165, 1.54) is 24.3 Å². The number of hydrogen-bond acceptors (Lipinski definition) is 6. The predicted octanol–water partition coefficient (Wildman–Crippen LogP) is 1.96. The van der Waals surface area contributed by atoms with E-state index in [2.05, 4.69) is 4.74 Å². The van der Waals surface area contributed by atoms with Crippen LogP contribution in [0.15, 0.2) is 59.5 Å². The molecule has 24 heavy (non-hydrogen) atoms. The van der Waals surface area contributed by atoms with Crippen LogP contribution in [0.2, 0.25) is 0 Å². The van der Waals surface area contributed by atoms with Crippen molar-refractivity contribution in [1.29, 1.82) is 0 Å². The van der Waals surface area contributed by atoms with Gasteiger partial charge < -0.3 is 4.74 Å². The highest BCUT2D eigenvalue weighted by molar-refractivity contribution is 7.93. The van der Waals surface area contributed by atoms with Crippen molar-refractivity contribution in [2.75, 3.05) is 18.0 Å². The van der Waals surface area contributed by atoms with Gasteiger partial charge in [-0.25, -0.2) is 8.42 Å². The lowest BCUT2D eigenvalue weighted by Crippen LogP contribution is -2.36. The molecule has 2 rings (SSSR count). The van der Waals surface area contributed by atoms with Crippen LogP contribution >= 0.6 is 0 Å². The van der Waals surface area contributed by atoms with Crippen LogP contribution in [0.5, 0.6) is 0 Å². The maximum absolute atomic E-state index is 12.9. The van der Waals surface area contributed by atoms with Gasteiger partial charge in [-0.05, 0) is 18.2 Å². The highest BCUT2D eigenvalue weighted by atomic mass is 32.2. The third-order valence-electron chi connectivity index (χ3n) is 3.17. The second kappa shape index (κ2) is 7.09. The van der Waals surface area contributed by atoms with E-state index >= 15 is 0 Å². The van der Waals surface area contributed by atoms with Crippen molar-refractivity contribution < 1.29 is 22.9 Å². The zero-order valence-electron chi connectivity index (χ0n) is 12.7. The molecule has 0 radical (unpaired) electrons. The topological polar surface area (TPSA) is 107 Å². The van der Waals surface area contributed by atoms with Crippen LogP contribution in [0.1, 0.15) is 0 Å². The fourth-order valence-corrected chi connectivity index (χ4v) is 3.61. The van der Waals surface area contributed by atoms with Crippen molar-refractivity contribution in [2.24, 2.45) is 0 Å². The first-order valence-electron chi connectivity index (χ1n) is 6.76. The molecule has 0 bridgehead atoms. The molecule has 2 aromatic carbocycles. The summed E-state index contributed by atoms with van der Waals surface area (Å²) >= 11 is 0. The number of nitro groups is 1. The summed E-state index contributed by atoms with van der Waals surface area (Å²) in [6.45, 7) is -0.602. The number of carbonyl (C=O) groups is 1. The molecule has 0 fully saturated rings. The minimum Gasteiger partial charge on any atom is -0.468 e. The second-order valence-electron chi connectivity index (χ2n) is 4.65. The van der Waals surface area contributed by atoms with E-state index in [0.717, 1.165) is 23.5 Å². The van der Waals surface area contributed by atoms with Gasteiger partial charge in [-0.2, -0.15) is 0 Å². The smallest absolute Gasteiger partial charge is 0.326 e. The molecule has 0 heterocycles. The summed E-state index contributed by atoms with van der Waals surface area (Å²) in [7, 11) is -3.22. The minimum absolute atomic E-state index is 0.195. The van der Waals surface area contributed by atoms with Crippen molar-refractivity contribution in [3.05, 3.63) is 64.7 Å². The lowest BCUT2D eigenvalue weighted by molar-refractivity contribution is -0.387. The SMILES string of the molecule is COC(=O)CN(c1ccccc1)S(=O)(=O)c1ccccc1[N+](=O)[O-]. The largest absolute Gasteiger partial charge is 0.468 e. The number of ether oxygens (including phenoxy) is 1. The second-order valence-corrected chi connectivity index (χ2v) is 6.48. The molecular formula is C15H14N2O6S. The summed E-state index contributed by atoms with van der Waals surface area (Å²) in [5.74, 6) is -0.791. The van der Waals surface area contributed by atoms with Crippen LogP contribution in [0.4, 0.5) is 11.4 Å². The van der Waals surface area contributed by atoms with Gasteiger partial charge in [0.15, 0.2) is 4.90 Å². The Hall–Kier alpha value is -2.94. The molecular weight excluding hydrogens is 336 g/mol. The quantitative estimate of drug-likeness (QED) is 0.448. The molecule has 0 atom stereocenters. The van der Waals surface area contributed by atoms with Crippen LogP contribution in [0.25, 0.3) is 0 Å². The minimum atomic E-state index is -4.34. The van der Waals surface area contributed by atoms with E-state index in [1.807, 2.05) is 0 Å². The molecule has 8 nitrogen and oxygen atoms in total. The number of benzene rings is 2. The van der Waals surface area contributed by atoms with E-state index in [4.69, 9.17) is 0 Å². The van der Waals surface area contributed by atoms with E-state index in [-0.39, 0.29) is 5.69 Å². The normalized spacial score (nSPS) is 10.9. The molecule has 2 aromatic rings. The summed E-state index contributed by atoms with van der Waals surface area (Å²) < 4.78 is 31.2. The Bertz CT molecular complexity index is 851. The number of nitrogens with zero attached hydrogens (tertiary/aromatic N) is 2. The van der Waals surface area contributed by atoms with Gasteiger partial charge in [-0.3, -0.25) is 19.2 Å². The number of rotatable bonds is 6. The zero-order chi connectivity index (χ0) is 17.7. The number of para-hydroxylation sites is 2. The van der Waals surface area contributed by atoms with Gasteiger partial charge in [0.25, 0.3) is 15.7 Å². The summed E-state index contributed by atoms with van der Waals surface area (Å²) in [4.78, 5) is 21.5. The first-order chi connectivity index (χ1) is 11.4. The van der Waals surface area contributed by atoms with Crippen molar-refractivity contribution in [2.45, 2.75) is 4.90 Å². The molecule has 0 spiro atoms. The molecule has 0 N–H and O–H groups in total. The number of hydrogen-bond donors (Lipinski definition) is 0. The zero-order valence-corrected chi connectivity index (χ0v) is 13.5. The Balaban J connectivity index is 2.60. The van der Waals surface area contributed by atoms with Gasteiger partial charge in [0.05, 0.1) is 17.7 Å². The molecule has 0 saturated heterocycles. The third-order valence-corrected chi connectivity index (χ3v) is 5.00. The van der Waals surface area contributed by atoms with Crippen LogP contribution in [0, 0.1) is 10.1 Å². The third kappa shape index (κ3) is 3.51. The lowest BCUT2D eigenvalue weighted by atomic mass is 10.3. The summed E-state index contributed by atoms with van der Waals surface area (Å²) in [6, 6.07) is 12.8. The van der Waals surface area contributed by atoms with E-state index in [9.17, 15) is 23.3 Å². The summed E-state index contributed by atoms with van der Waals surface area (Å²) in [6.07, 6.45) is 0. The molecule has 0 aliphatic carbocycles. The van der Waals surface area contributed by atoms with Gasteiger partial charge >= 0.3 is 5.97 Å². The first-order valence-corrected chi connectivity index (χ1v) is 8.20. The van der Waals surface area contributed by atoms with E-state index < -0.39 is 38.0 Å². The molecule has 0 amide bonds. The molecule has 0 unspecified atom stereocenters. The Kier molecular flexibility index (Phi) is 5.14. The Morgan fingerprint density at radius 3 is 2.29 bits per heavy atom. The first kappa shape index (κ1) is 17.4. The van der Waals surface area contributed by atoms with Gasteiger partial charge in [0.2, 0.25) is 0 Å². The molecule has 9 heteroatoms. The monoisotopic (exact) mass is 350 g/mol. The molecule has 126 valence electrons. The van der Waals surface area contributed by atoms with Crippen LogP contribution in [-0.2, 0) is 19.6 Å². The van der Waals surface area contributed by atoms with Gasteiger partial charge in [-0.1, -0.05) is 30.3 Å². The number of nitro benzene ring substituents is 1. The van der Waals surface area contributed by atoms with Gasteiger partial charge in [0, 0.05) is 6.07 Å². The molecule has 0 aliphatic rings. The highest BCUT2D eigenvalue weighted by Crippen LogP contribution is 2.29. The van der Waals surface area contributed by atoms with Gasteiger partial charge in [-0.15, -0.1) is 0 Å². The summed E-state index contributed by atoms with van der Waals surface area (Å²) in [5.41, 5.74) is -0.371. The average Bonchev–Trinajstić information content (AvgIpc) is 2.59. The van der Waals surface area contributed by atoms with Gasteiger partial charge in [0.1, 0.15) is 6.54 Å². The van der Waals surface area contributed by atoms with Crippen LogP contribution < -0.4 is 4.31 Å². The number of methoxy groups -OCH3 is 1. The maximum Gasteiger partial charge on any atom is 0.326 e. The van der Waals surface area contributed by atoms with Crippen molar-refractivity contribution >= 4 is 27.4 Å². The maximum atomic E-state index is 12.9. The van der Waals surface area contributed by atoms with Crippen molar-refractivity contribution in [3.8, 4) is 0 Å². The number of esters is 1. The van der Waals surface area contributed by atoms with E-state index in [0.29, 0.717) is 0 Å². The summed E-state index contributed by atoms with van der Waals surface area (Å²) in [5, 5.41) is 11.1. The standard InChI is InChI=1S/C15H14N2O6S/c1-23-15(18)11-16(12-7-3-2-4-8-12)24(21,22)14-10-6-5-9-13(14)17(19)20/h2-10H,11H2,1H3. The van der Waals surface area contributed by atoms with E-state index in [1.54, 1.807) is 18.2 Å². The van der Waals surface area contributed by atoms with Crippen molar-refractivity contribution in [3.63, 3.8) is 0 Å². The van der Waals surface area contributed by atoms with Crippen LogP contribution in [-0.4, -0.2) is 33.0 Å².